The molecular weight excluding hydrogens is 376 g/mol. The lowest BCUT2D eigenvalue weighted by molar-refractivity contribution is -0.144. The predicted molar refractivity (Wildman–Crippen MR) is 103 cm³/mol. The topological polar surface area (TPSA) is 77.1 Å². The Hall–Kier alpha value is -2.00. The molecule has 0 spiro atoms. The summed E-state index contributed by atoms with van der Waals surface area (Å²) in [7, 11) is 0. The molecule has 140 valence electrons. The molecule has 3 rings (SSSR count). The number of amides is 1. The number of benzene rings is 1. The molecule has 0 bridgehead atoms. The van der Waals surface area contributed by atoms with E-state index in [1.54, 1.807) is 18.2 Å². The number of esters is 1. The Kier molecular flexibility index (Phi) is 6.56. The summed E-state index contributed by atoms with van der Waals surface area (Å²) < 4.78 is 16.6. The maximum absolute atomic E-state index is 11.9. The number of carbonyl (C=O) groups is 2. The standard InChI is InChI=1S/C17H20N2O5S2/c20-15(18-12-3-4-13-14(9-12)23-8-7-22-13)10-24-16(21)11-26-17(25)19-5-1-2-6-19/h3-4,9H,1-2,5-8,10-11H2,(H,18,20). The van der Waals surface area contributed by atoms with Crippen molar-refractivity contribution < 1.29 is 23.8 Å². The molecule has 0 radical (unpaired) electrons. The molecule has 1 fully saturated rings. The van der Waals surface area contributed by atoms with Crippen molar-refractivity contribution in [3.05, 3.63) is 18.2 Å². The van der Waals surface area contributed by atoms with Gasteiger partial charge in [0.05, 0.1) is 5.75 Å². The number of likely N-dealkylation sites (tertiary alicyclic amines) is 1. The van der Waals surface area contributed by atoms with Gasteiger partial charge >= 0.3 is 5.97 Å². The van der Waals surface area contributed by atoms with Crippen LogP contribution in [0.3, 0.4) is 0 Å². The van der Waals surface area contributed by atoms with Crippen molar-refractivity contribution >= 4 is 45.9 Å². The molecule has 26 heavy (non-hydrogen) atoms. The normalized spacial score (nSPS) is 15.5. The quantitative estimate of drug-likeness (QED) is 0.599. The number of thioether (sulfide) groups is 1. The molecule has 0 unspecified atom stereocenters. The van der Waals surface area contributed by atoms with Gasteiger partial charge in [-0.2, -0.15) is 0 Å². The maximum atomic E-state index is 11.9. The summed E-state index contributed by atoms with van der Waals surface area (Å²) in [6, 6.07) is 5.11. The van der Waals surface area contributed by atoms with Gasteiger partial charge in [0.2, 0.25) is 0 Å². The van der Waals surface area contributed by atoms with Crippen molar-refractivity contribution in [3.63, 3.8) is 0 Å². The second kappa shape index (κ2) is 9.09. The first-order valence-corrected chi connectivity index (χ1v) is 9.78. The van der Waals surface area contributed by atoms with Crippen LogP contribution >= 0.6 is 24.0 Å². The summed E-state index contributed by atoms with van der Waals surface area (Å²) in [6.45, 7) is 2.52. The van der Waals surface area contributed by atoms with Crippen LogP contribution in [-0.4, -0.2) is 59.8 Å². The van der Waals surface area contributed by atoms with Crippen LogP contribution in [0.25, 0.3) is 0 Å². The van der Waals surface area contributed by atoms with E-state index < -0.39 is 11.9 Å². The highest BCUT2D eigenvalue weighted by Crippen LogP contribution is 2.32. The summed E-state index contributed by atoms with van der Waals surface area (Å²) >= 11 is 6.56. The highest BCUT2D eigenvalue weighted by molar-refractivity contribution is 8.23. The minimum atomic E-state index is -0.464. The first-order chi connectivity index (χ1) is 12.6. The van der Waals surface area contributed by atoms with E-state index in [1.807, 2.05) is 0 Å². The summed E-state index contributed by atoms with van der Waals surface area (Å²) in [5, 5.41) is 2.66. The zero-order valence-corrected chi connectivity index (χ0v) is 15.8. The minimum Gasteiger partial charge on any atom is -0.486 e. The number of hydrogen-bond donors (Lipinski definition) is 1. The molecule has 1 aromatic rings. The summed E-state index contributed by atoms with van der Waals surface area (Å²) in [6.07, 6.45) is 2.26. The molecule has 2 heterocycles. The molecule has 0 atom stereocenters. The van der Waals surface area contributed by atoms with E-state index >= 15 is 0 Å². The van der Waals surface area contributed by atoms with Crippen LogP contribution in [0, 0.1) is 0 Å². The number of nitrogens with one attached hydrogen (secondary N) is 1. The fraction of sp³-hybridized carbons (Fsp3) is 0.471. The Bertz CT molecular complexity index is 692. The first-order valence-electron chi connectivity index (χ1n) is 8.38. The fourth-order valence-corrected chi connectivity index (χ4v) is 3.67. The van der Waals surface area contributed by atoms with Crippen LogP contribution in [0.5, 0.6) is 11.5 Å². The van der Waals surface area contributed by atoms with E-state index in [1.165, 1.54) is 11.8 Å². The lowest BCUT2D eigenvalue weighted by Gasteiger charge is -2.19. The van der Waals surface area contributed by atoms with Crippen molar-refractivity contribution in [2.75, 3.05) is 44.0 Å². The summed E-state index contributed by atoms with van der Waals surface area (Å²) in [4.78, 5) is 25.8. The van der Waals surface area contributed by atoms with Crippen LogP contribution in [0.15, 0.2) is 18.2 Å². The largest absolute Gasteiger partial charge is 0.486 e. The number of carbonyl (C=O) groups excluding carboxylic acids is 2. The van der Waals surface area contributed by atoms with Crippen molar-refractivity contribution in [2.24, 2.45) is 0 Å². The Labute approximate surface area is 161 Å². The third kappa shape index (κ3) is 5.25. The zero-order chi connectivity index (χ0) is 18.4. The SMILES string of the molecule is O=C(COC(=O)CSC(=S)N1CCCC1)Nc1ccc2c(c1)OCCO2. The molecule has 1 saturated heterocycles. The van der Waals surface area contributed by atoms with Gasteiger partial charge in [-0.05, 0) is 25.0 Å². The molecule has 1 amide bonds. The lowest BCUT2D eigenvalue weighted by Crippen LogP contribution is -2.25. The minimum absolute atomic E-state index is 0.104. The van der Waals surface area contributed by atoms with Gasteiger partial charge in [-0.25, -0.2) is 0 Å². The van der Waals surface area contributed by atoms with Gasteiger partial charge in [-0.3, -0.25) is 9.59 Å². The number of rotatable bonds is 5. The van der Waals surface area contributed by atoms with E-state index in [9.17, 15) is 9.59 Å². The van der Waals surface area contributed by atoms with E-state index in [4.69, 9.17) is 26.4 Å². The van der Waals surface area contributed by atoms with Crippen LogP contribution in [0.4, 0.5) is 5.69 Å². The first kappa shape index (κ1) is 18.8. The second-order valence-electron chi connectivity index (χ2n) is 5.82. The van der Waals surface area contributed by atoms with Crippen molar-refractivity contribution in [3.8, 4) is 11.5 Å². The van der Waals surface area contributed by atoms with Gasteiger partial charge in [-0.15, -0.1) is 0 Å². The average Bonchev–Trinajstić information content (AvgIpc) is 3.19. The van der Waals surface area contributed by atoms with Crippen LogP contribution in [-0.2, 0) is 14.3 Å². The predicted octanol–water partition coefficient (Wildman–Crippen LogP) is 2.05. The number of thiocarbonyl (C=S) groups is 1. The average molecular weight is 396 g/mol. The second-order valence-corrected chi connectivity index (χ2v) is 7.43. The van der Waals surface area contributed by atoms with E-state index in [-0.39, 0.29) is 12.4 Å². The number of fused-ring (bicyclic) bond motifs is 1. The van der Waals surface area contributed by atoms with E-state index in [0.29, 0.717) is 34.7 Å². The molecule has 2 aliphatic heterocycles. The Morgan fingerprint density at radius 3 is 2.69 bits per heavy atom. The van der Waals surface area contributed by atoms with Gasteiger partial charge < -0.3 is 24.4 Å². The zero-order valence-electron chi connectivity index (χ0n) is 14.2. The fourth-order valence-electron chi connectivity index (χ4n) is 2.62. The molecule has 7 nitrogen and oxygen atoms in total. The van der Waals surface area contributed by atoms with Gasteiger partial charge in [0.25, 0.3) is 5.91 Å². The third-order valence-electron chi connectivity index (χ3n) is 3.87. The molecule has 9 heteroatoms. The van der Waals surface area contributed by atoms with Gasteiger partial charge in [0, 0.05) is 24.8 Å². The van der Waals surface area contributed by atoms with Crippen LogP contribution in [0.1, 0.15) is 12.8 Å². The van der Waals surface area contributed by atoms with E-state index in [2.05, 4.69) is 10.2 Å². The molecule has 0 saturated carbocycles. The van der Waals surface area contributed by atoms with Crippen LogP contribution < -0.4 is 14.8 Å². The molecule has 0 aliphatic carbocycles. The van der Waals surface area contributed by atoms with Crippen LogP contribution in [0.2, 0.25) is 0 Å². The summed E-state index contributed by atoms with van der Waals surface area (Å²) in [5.41, 5.74) is 0.555. The van der Waals surface area contributed by atoms with Crippen molar-refractivity contribution in [1.29, 1.82) is 0 Å². The van der Waals surface area contributed by atoms with Gasteiger partial charge in [0.1, 0.15) is 17.5 Å². The highest BCUT2D eigenvalue weighted by Gasteiger charge is 2.17. The molecule has 2 aliphatic rings. The number of nitrogens with zero attached hydrogens (tertiary/aromatic N) is 1. The molecule has 0 aromatic heterocycles. The Morgan fingerprint density at radius 1 is 1.19 bits per heavy atom. The highest BCUT2D eigenvalue weighted by atomic mass is 32.2. The molecule has 1 aromatic carbocycles. The molecule has 1 N–H and O–H groups in total. The summed E-state index contributed by atoms with van der Waals surface area (Å²) in [5.74, 6) is 0.452. The van der Waals surface area contributed by atoms with Crippen molar-refractivity contribution in [1.82, 2.24) is 4.90 Å². The van der Waals surface area contributed by atoms with E-state index in [0.717, 1.165) is 25.9 Å². The monoisotopic (exact) mass is 396 g/mol. The van der Waals surface area contributed by atoms with Gasteiger partial charge in [-0.1, -0.05) is 24.0 Å². The number of ether oxygens (including phenoxy) is 3. The maximum Gasteiger partial charge on any atom is 0.316 e. The lowest BCUT2D eigenvalue weighted by atomic mass is 10.2. The number of hydrogen-bond acceptors (Lipinski definition) is 7. The Morgan fingerprint density at radius 2 is 1.92 bits per heavy atom. The van der Waals surface area contributed by atoms with Gasteiger partial charge in [0.15, 0.2) is 18.1 Å². The third-order valence-corrected chi connectivity index (χ3v) is 5.36. The van der Waals surface area contributed by atoms with Crippen molar-refractivity contribution in [2.45, 2.75) is 12.8 Å². The molecular formula is C17H20N2O5S2. The Balaban J connectivity index is 1.38. The number of anilines is 1. The smallest absolute Gasteiger partial charge is 0.316 e.